The highest BCUT2D eigenvalue weighted by Gasteiger charge is 2.06. The van der Waals surface area contributed by atoms with Crippen molar-refractivity contribution in [1.29, 1.82) is 0 Å². The van der Waals surface area contributed by atoms with E-state index in [0.717, 1.165) is 30.2 Å². The van der Waals surface area contributed by atoms with Crippen molar-refractivity contribution in [1.82, 2.24) is 0 Å². The summed E-state index contributed by atoms with van der Waals surface area (Å²) >= 11 is 0. The van der Waals surface area contributed by atoms with Gasteiger partial charge in [0.1, 0.15) is 11.5 Å². The second-order valence-electron chi connectivity index (χ2n) is 7.75. The molecule has 2 aromatic carbocycles. The number of aryl methyl sites for hydroxylation is 1. The van der Waals surface area contributed by atoms with Gasteiger partial charge in [0, 0.05) is 12.1 Å². The first-order valence-corrected chi connectivity index (χ1v) is 10.8. The van der Waals surface area contributed by atoms with Gasteiger partial charge in [0.25, 0.3) is 0 Å². The number of hydrogen-bond acceptors (Lipinski definition) is 3. The lowest BCUT2D eigenvalue weighted by Gasteiger charge is -2.12. The summed E-state index contributed by atoms with van der Waals surface area (Å²) in [5.41, 5.74) is 3.37. The van der Waals surface area contributed by atoms with Crippen molar-refractivity contribution in [3.05, 3.63) is 53.6 Å². The summed E-state index contributed by atoms with van der Waals surface area (Å²) < 4.78 is 11.5. The molecule has 1 N–H and O–H groups in total. The largest absolute Gasteiger partial charge is 0.494 e. The zero-order valence-electron chi connectivity index (χ0n) is 18.3. The van der Waals surface area contributed by atoms with Gasteiger partial charge in [0.15, 0.2) is 0 Å². The second-order valence-corrected chi connectivity index (χ2v) is 7.75. The van der Waals surface area contributed by atoms with Crippen LogP contribution >= 0.6 is 0 Å². The summed E-state index contributed by atoms with van der Waals surface area (Å²) in [7, 11) is 0. The Hall–Kier alpha value is -2.49. The molecule has 158 valence electrons. The van der Waals surface area contributed by atoms with Crippen molar-refractivity contribution < 1.29 is 14.3 Å². The number of unbranched alkanes of at least 4 members (excludes halogenated alkanes) is 2. The molecule has 0 radical (unpaired) electrons. The van der Waals surface area contributed by atoms with Crippen molar-refractivity contribution in [2.75, 3.05) is 18.5 Å². The van der Waals surface area contributed by atoms with Crippen molar-refractivity contribution >= 4 is 11.6 Å². The lowest BCUT2D eigenvalue weighted by atomic mass is 9.98. The number of rotatable bonds is 12. The fourth-order valence-electron chi connectivity index (χ4n) is 3.21. The first-order chi connectivity index (χ1) is 14.0. The molecule has 0 saturated carbocycles. The zero-order valence-corrected chi connectivity index (χ0v) is 18.3. The van der Waals surface area contributed by atoms with Crippen LogP contribution < -0.4 is 14.8 Å². The van der Waals surface area contributed by atoms with Crippen molar-refractivity contribution in [2.45, 2.75) is 65.7 Å². The van der Waals surface area contributed by atoms with Crippen LogP contribution in [0, 0.1) is 6.92 Å². The molecule has 0 atom stereocenters. The van der Waals surface area contributed by atoms with E-state index in [1.807, 2.05) is 30.3 Å². The van der Waals surface area contributed by atoms with Crippen molar-refractivity contribution in [3.63, 3.8) is 0 Å². The van der Waals surface area contributed by atoms with Gasteiger partial charge in [-0.15, -0.1) is 0 Å². The number of carbonyl (C=O) groups is 1. The van der Waals surface area contributed by atoms with Crippen molar-refractivity contribution in [3.8, 4) is 11.5 Å². The number of ether oxygens (including phenoxy) is 2. The van der Waals surface area contributed by atoms with E-state index in [-0.39, 0.29) is 5.91 Å². The summed E-state index contributed by atoms with van der Waals surface area (Å²) in [6, 6.07) is 13.8. The van der Waals surface area contributed by atoms with E-state index in [1.165, 1.54) is 24.0 Å². The molecule has 0 aliphatic rings. The van der Waals surface area contributed by atoms with Gasteiger partial charge in [-0.25, -0.2) is 0 Å². The smallest absolute Gasteiger partial charge is 0.224 e. The number of carbonyl (C=O) groups excluding carboxylic acids is 1. The Morgan fingerprint density at radius 2 is 1.59 bits per heavy atom. The van der Waals surface area contributed by atoms with Gasteiger partial charge >= 0.3 is 0 Å². The molecule has 1 amide bonds. The molecule has 4 nitrogen and oxygen atoms in total. The topological polar surface area (TPSA) is 47.6 Å². The van der Waals surface area contributed by atoms with Crippen LogP contribution in [0.25, 0.3) is 0 Å². The van der Waals surface area contributed by atoms with E-state index < -0.39 is 0 Å². The first-order valence-electron chi connectivity index (χ1n) is 10.8. The van der Waals surface area contributed by atoms with Gasteiger partial charge in [-0.05, 0) is 73.2 Å². The molecule has 4 heteroatoms. The predicted octanol–water partition coefficient (Wildman–Crippen LogP) is 6.49. The maximum atomic E-state index is 12.1. The van der Waals surface area contributed by atoms with Crippen LogP contribution in [0.3, 0.4) is 0 Å². The molecule has 0 spiro atoms. The van der Waals surface area contributed by atoms with E-state index in [9.17, 15) is 4.79 Å². The van der Waals surface area contributed by atoms with Crippen LogP contribution in [0.15, 0.2) is 42.5 Å². The van der Waals surface area contributed by atoms with Gasteiger partial charge in [-0.3, -0.25) is 4.79 Å². The standard InChI is InChI=1S/C25H35NO3/c1-5-6-7-16-28-22-12-10-21(11-13-22)26-25(27)9-8-17-29-23-14-15-24(19(2)3)20(4)18-23/h10-15,18-19H,5-9,16-17H2,1-4H3,(H,26,27). The normalized spacial score (nSPS) is 10.8. The number of amides is 1. The molecule has 0 saturated heterocycles. The quantitative estimate of drug-likeness (QED) is 0.417. The molecular formula is C25H35NO3. The van der Waals surface area contributed by atoms with Gasteiger partial charge in [-0.2, -0.15) is 0 Å². The molecule has 0 fully saturated rings. The summed E-state index contributed by atoms with van der Waals surface area (Å²) in [5, 5.41) is 2.92. The average molecular weight is 398 g/mol. The monoisotopic (exact) mass is 397 g/mol. The fraction of sp³-hybridized carbons (Fsp3) is 0.480. The molecule has 0 aromatic heterocycles. The van der Waals surface area contributed by atoms with E-state index in [0.29, 0.717) is 25.4 Å². The van der Waals surface area contributed by atoms with Crippen LogP contribution in [0.5, 0.6) is 11.5 Å². The highest BCUT2D eigenvalue weighted by molar-refractivity contribution is 5.90. The molecule has 0 unspecified atom stereocenters. The Labute approximate surface area is 175 Å². The summed E-state index contributed by atoms with van der Waals surface area (Å²) in [6.07, 6.45) is 4.54. The molecule has 2 rings (SSSR count). The Morgan fingerprint density at radius 3 is 2.24 bits per heavy atom. The average Bonchev–Trinajstić information content (AvgIpc) is 2.69. The van der Waals surface area contributed by atoms with Gasteiger partial charge < -0.3 is 14.8 Å². The van der Waals surface area contributed by atoms with E-state index in [4.69, 9.17) is 9.47 Å². The molecule has 0 bridgehead atoms. The highest BCUT2D eigenvalue weighted by atomic mass is 16.5. The maximum absolute atomic E-state index is 12.1. The number of nitrogens with one attached hydrogen (secondary N) is 1. The van der Waals surface area contributed by atoms with Gasteiger partial charge in [-0.1, -0.05) is 39.7 Å². The summed E-state index contributed by atoms with van der Waals surface area (Å²) in [5.74, 6) is 2.21. The Morgan fingerprint density at radius 1 is 0.931 bits per heavy atom. The third-order valence-corrected chi connectivity index (χ3v) is 4.83. The van der Waals surface area contributed by atoms with Crippen LogP contribution in [-0.4, -0.2) is 19.1 Å². The molecule has 29 heavy (non-hydrogen) atoms. The minimum atomic E-state index is -0.00319. The minimum absolute atomic E-state index is 0.00319. The maximum Gasteiger partial charge on any atom is 0.224 e. The third-order valence-electron chi connectivity index (χ3n) is 4.83. The fourth-order valence-corrected chi connectivity index (χ4v) is 3.21. The minimum Gasteiger partial charge on any atom is -0.494 e. The zero-order chi connectivity index (χ0) is 21.1. The van der Waals surface area contributed by atoms with Crippen LogP contribution in [0.1, 0.15) is 69.9 Å². The van der Waals surface area contributed by atoms with E-state index in [1.54, 1.807) is 0 Å². The molecule has 0 aliphatic heterocycles. The third kappa shape index (κ3) is 8.18. The number of hydrogen-bond donors (Lipinski definition) is 1. The lowest BCUT2D eigenvalue weighted by molar-refractivity contribution is -0.116. The highest BCUT2D eigenvalue weighted by Crippen LogP contribution is 2.23. The Bertz CT molecular complexity index is 753. The number of benzene rings is 2. The molecule has 0 heterocycles. The van der Waals surface area contributed by atoms with Crippen molar-refractivity contribution in [2.24, 2.45) is 0 Å². The summed E-state index contributed by atoms with van der Waals surface area (Å²) in [6.45, 7) is 9.93. The van der Waals surface area contributed by atoms with E-state index >= 15 is 0 Å². The summed E-state index contributed by atoms with van der Waals surface area (Å²) in [4.78, 5) is 12.1. The Balaban J connectivity index is 1.67. The van der Waals surface area contributed by atoms with Gasteiger partial charge in [0.05, 0.1) is 13.2 Å². The first kappa shape index (κ1) is 22.8. The lowest BCUT2D eigenvalue weighted by Crippen LogP contribution is -2.12. The van der Waals surface area contributed by atoms with Crippen LogP contribution in [0.4, 0.5) is 5.69 Å². The van der Waals surface area contributed by atoms with Crippen LogP contribution in [0.2, 0.25) is 0 Å². The predicted molar refractivity (Wildman–Crippen MR) is 120 cm³/mol. The number of anilines is 1. The van der Waals surface area contributed by atoms with Gasteiger partial charge in [0.2, 0.25) is 5.91 Å². The van der Waals surface area contributed by atoms with Crippen LogP contribution in [-0.2, 0) is 4.79 Å². The SMILES string of the molecule is CCCCCOc1ccc(NC(=O)CCCOc2ccc(C(C)C)c(C)c2)cc1. The second kappa shape index (κ2) is 12.2. The Kier molecular flexibility index (Phi) is 9.55. The molecular weight excluding hydrogens is 362 g/mol. The van der Waals surface area contributed by atoms with E-state index in [2.05, 4.69) is 45.1 Å². The molecule has 0 aliphatic carbocycles. The molecule has 2 aromatic rings.